The minimum atomic E-state index is -4.25. The highest BCUT2D eigenvalue weighted by molar-refractivity contribution is 5.79. The van der Waals surface area contributed by atoms with Gasteiger partial charge >= 0.3 is 6.18 Å². The molecule has 1 aromatic heterocycles. The Morgan fingerprint density at radius 3 is 2.65 bits per heavy atom. The Morgan fingerprint density at radius 2 is 1.88 bits per heavy atom. The van der Waals surface area contributed by atoms with Crippen LogP contribution in [0.4, 0.5) is 13.2 Å². The number of benzene rings is 1. The summed E-state index contributed by atoms with van der Waals surface area (Å²) in [4.78, 5) is 0. The second-order valence-electron chi connectivity index (χ2n) is 3.74. The summed E-state index contributed by atoms with van der Waals surface area (Å²) in [6.45, 7) is -0.714. The minimum Gasteiger partial charge on any atom is -0.370 e. The van der Waals surface area contributed by atoms with E-state index in [0.29, 0.717) is 6.54 Å². The van der Waals surface area contributed by atoms with Gasteiger partial charge in [-0.15, -0.1) is 0 Å². The van der Waals surface area contributed by atoms with Crippen LogP contribution in [0.5, 0.6) is 0 Å². The van der Waals surface area contributed by atoms with Gasteiger partial charge in [-0.1, -0.05) is 18.2 Å². The summed E-state index contributed by atoms with van der Waals surface area (Å²) in [6.07, 6.45) is -2.40. The predicted molar refractivity (Wildman–Crippen MR) is 58.8 cm³/mol. The molecule has 0 unspecified atom stereocenters. The van der Waals surface area contributed by atoms with Gasteiger partial charge in [-0.05, 0) is 17.5 Å². The predicted octanol–water partition coefficient (Wildman–Crippen LogP) is 3.22. The molecule has 17 heavy (non-hydrogen) atoms. The third kappa shape index (κ3) is 3.23. The van der Waals surface area contributed by atoms with Gasteiger partial charge in [0.2, 0.25) is 0 Å². The summed E-state index contributed by atoms with van der Waals surface area (Å²) in [5.74, 6) is 0. The molecular formula is C12H12F3NO. The molecule has 0 aliphatic rings. The smallest absolute Gasteiger partial charge is 0.370 e. The van der Waals surface area contributed by atoms with Gasteiger partial charge in [0.1, 0.15) is 6.61 Å². The van der Waals surface area contributed by atoms with Gasteiger partial charge in [0, 0.05) is 18.3 Å². The molecule has 0 spiro atoms. The fraction of sp³-hybridized carbons (Fsp3) is 0.333. The number of halogens is 3. The molecule has 2 rings (SSSR count). The summed E-state index contributed by atoms with van der Waals surface area (Å²) in [7, 11) is 0. The van der Waals surface area contributed by atoms with Crippen molar-refractivity contribution in [2.75, 3.05) is 13.2 Å². The number of aromatic nitrogens is 1. The molecule has 0 aliphatic heterocycles. The van der Waals surface area contributed by atoms with Crippen molar-refractivity contribution in [2.24, 2.45) is 0 Å². The van der Waals surface area contributed by atoms with Crippen molar-refractivity contribution in [1.82, 2.24) is 4.57 Å². The van der Waals surface area contributed by atoms with Crippen LogP contribution >= 0.6 is 0 Å². The lowest BCUT2D eigenvalue weighted by atomic mass is 10.2. The van der Waals surface area contributed by atoms with E-state index >= 15 is 0 Å². The molecule has 0 bridgehead atoms. The molecule has 0 N–H and O–H groups in total. The standard InChI is InChI=1S/C12H12F3NO/c13-12(14,15)9-17-8-7-16-6-5-10-3-1-2-4-11(10)16/h1-6H,7-9H2. The van der Waals surface area contributed by atoms with Gasteiger partial charge < -0.3 is 9.30 Å². The molecule has 1 aromatic carbocycles. The van der Waals surface area contributed by atoms with Gasteiger partial charge in [0.25, 0.3) is 0 Å². The Hall–Kier alpha value is -1.49. The van der Waals surface area contributed by atoms with Gasteiger partial charge in [-0.3, -0.25) is 0 Å². The van der Waals surface area contributed by atoms with Crippen molar-refractivity contribution in [3.8, 4) is 0 Å². The fourth-order valence-corrected chi connectivity index (χ4v) is 1.69. The van der Waals surface area contributed by atoms with Crippen molar-refractivity contribution in [3.05, 3.63) is 36.5 Å². The fourth-order valence-electron chi connectivity index (χ4n) is 1.69. The lowest BCUT2D eigenvalue weighted by molar-refractivity contribution is -0.174. The molecular weight excluding hydrogens is 231 g/mol. The quantitative estimate of drug-likeness (QED) is 0.752. The maximum absolute atomic E-state index is 11.8. The molecule has 0 radical (unpaired) electrons. The van der Waals surface area contributed by atoms with Crippen molar-refractivity contribution in [3.63, 3.8) is 0 Å². The second-order valence-corrected chi connectivity index (χ2v) is 3.74. The highest BCUT2D eigenvalue weighted by Crippen LogP contribution is 2.16. The maximum Gasteiger partial charge on any atom is 0.411 e. The Labute approximate surface area is 96.6 Å². The number of hydrogen-bond acceptors (Lipinski definition) is 1. The highest BCUT2D eigenvalue weighted by atomic mass is 19.4. The maximum atomic E-state index is 11.8. The van der Waals surface area contributed by atoms with Crippen molar-refractivity contribution in [1.29, 1.82) is 0 Å². The Bertz CT molecular complexity index is 490. The van der Waals surface area contributed by atoms with Gasteiger partial charge in [0.15, 0.2) is 0 Å². The van der Waals surface area contributed by atoms with Crippen molar-refractivity contribution >= 4 is 10.9 Å². The molecule has 92 valence electrons. The molecule has 2 aromatic rings. The van der Waals surface area contributed by atoms with Crippen LogP contribution in [0.3, 0.4) is 0 Å². The first-order valence-electron chi connectivity index (χ1n) is 5.25. The minimum absolute atomic E-state index is 0.0538. The van der Waals surface area contributed by atoms with Gasteiger partial charge in [-0.25, -0.2) is 0 Å². The van der Waals surface area contributed by atoms with Crippen LogP contribution < -0.4 is 0 Å². The van der Waals surface area contributed by atoms with E-state index in [4.69, 9.17) is 0 Å². The monoisotopic (exact) mass is 243 g/mol. The third-order valence-corrected chi connectivity index (χ3v) is 2.42. The molecule has 5 heteroatoms. The molecule has 2 nitrogen and oxygen atoms in total. The zero-order valence-electron chi connectivity index (χ0n) is 9.07. The van der Waals surface area contributed by atoms with E-state index < -0.39 is 12.8 Å². The number of alkyl halides is 3. The van der Waals surface area contributed by atoms with Gasteiger partial charge in [0.05, 0.1) is 6.61 Å². The topological polar surface area (TPSA) is 14.2 Å². The SMILES string of the molecule is FC(F)(F)COCCn1ccc2ccccc21. The van der Waals surface area contributed by atoms with Crippen LogP contribution in [0.2, 0.25) is 0 Å². The third-order valence-electron chi connectivity index (χ3n) is 2.42. The average Bonchev–Trinajstić information content (AvgIpc) is 2.67. The van der Waals surface area contributed by atoms with E-state index in [1.807, 2.05) is 41.1 Å². The van der Waals surface area contributed by atoms with Crippen LogP contribution in [-0.4, -0.2) is 24.0 Å². The lowest BCUT2D eigenvalue weighted by Gasteiger charge is -2.08. The summed E-state index contributed by atoms with van der Waals surface area (Å²) in [5.41, 5.74) is 1.00. The van der Waals surface area contributed by atoms with E-state index in [0.717, 1.165) is 10.9 Å². The van der Waals surface area contributed by atoms with E-state index in [1.165, 1.54) is 0 Å². The normalized spacial score (nSPS) is 12.2. The highest BCUT2D eigenvalue weighted by Gasteiger charge is 2.27. The average molecular weight is 243 g/mol. The summed E-state index contributed by atoms with van der Waals surface area (Å²) < 4.78 is 42.0. The molecule has 0 saturated heterocycles. The lowest BCUT2D eigenvalue weighted by Crippen LogP contribution is -2.18. The van der Waals surface area contributed by atoms with Crippen LogP contribution in [0.25, 0.3) is 10.9 Å². The van der Waals surface area contributed by atoms with Crippen LogP contribution in [0.1, 0.15) is 0 Å². The second kappa shape index (κ2) is 4.79. The Morgan fingerprint density at radius 1 is 1.12 bits per heavy atom. The molecule has 0 fully saturated rings. The van der Waals surface area contributed by atoms with Crippen molar-refractivity contribution in [2.45, 2.75) is 12.7 Å². The number of ether oxygens (including phenoxy) is 1. The molecule has 0 saturated carbocycles. The van der Waals surface area contributed by atoms with E-state index in [9.17, 15) is 13.2 Å². The first kappa shape index (κ1) is 12.0. The molecule has 0 amide bonds. The van der Waals surface area contributed by atoms with Gasteiger partial charge in [-0.2, -0.15) is 13.2 Å². The largest absolute Gasteiger partial charge is 0.411 e. The molecule has 1 heterocycles. The number of rotatable bonds is 4. The van der Waals surface area contributed by atoms with Crippen LogP contribution in [-0.2, 0) is 11.3 Å². The Kier molecular flexibility index (Phi) is 3.38. The van der Waals surface area contributed by atoms with E-state index in [2.05, 4.69) is 4.74 Å². The summed E-state index contributed by atoms with van der Waals surface area (Å²) >= 11 is 0. The van der Waals surface area contributed by atoms with E-state index in [1.54, 1.807) is 0 Å². The number of nitrogens with zero attached hydrogens (tertiary/aromatic N) is 1. The summed E-state index contributed by atoms with van der Waals surface area (Å²) in [6, 6.07) is 9.64. The van der Waals surface area contributed by atoms with Crippen LogP contribution in [0, 0.1) is 0 Å². The first-order chi connectivity index (χ1) is 8.06. The first-order valence-corrected chi connectivity index (χ1v) is 5.25. The number of fused-ring (bicyclic) bond motifs is 1. The summed E-state index contributed by atoms with van der Waals surface area (Å²) in [5, 5.41) is 1.07. The zero-order valence-corrected chi connectivity index (χ0v) is 9.07. The molecule has 0 aliphatic carbocycles. The van der Waals surface area contributed by atoms with E-state index in [-0.39, 0.29) is 6.61 Å². The molecule has 0 atom stereocenters. The van der Waals surface area contributed by atoms with Crippen molar-refractivity contribution < 1.29 is 17.9 Å². The van der Waals surface area contributed by atoms with Crippen LogP contribution in [0.15, 0.2) is 36.5 Å². The zero-order chi connectivity index (χ0) is 12.3. The Balaban J connectivity index is 1.91. The number of hydrogen-bond donors (Lipinski definition) is 0. The number of para-hydroxylation sites is 1.